The second kappa shape index (κ2) is 6.41. The highest BCUT2D eigenvalue weighted by Crippen LogP contribution is 2.23. The van der Waals surface area contributed by atoms with Crippen LogP contribution in [0.5, 0.6) is 0 Å². The smallest absolute Gasteiger partial charge is 0.181 e. The molecule has 102 valence electrons. The minimum Gasteiger partial charge on any atom is -0.444 e. The van der Waals surface area contributed by atoms with Crippen molar-refractivity contribution in [1.82, 2.24) is 4.98 Å². The topological polar surface area (TPSA) is 38.1 Å². The maximum absolute atomic E-state index is 5.32. The molecule has 1 atom stereocenters. The number of anilines is 1. The number of oxazole rings is 1. The van der Waals surface area contributed by atoms with Gasteiger partial charge in [0.2, 0.25) is 0 Å². The maximum atomic E-state index is 5.32. The summed E-state index contributed by atoms with van der Waals surface area (Å²) in [4.78, 5) is 3.95. The number of hydrogen-bond acceptors (Lipinski definition) is 3. The van der Waals surface area contributed by atoms with E-state index in [0.29, 0.717) is 6.04 Å². The van der Waals surface area contributed by atoms with Crippen LogP contribution in [0.15, 0.2) is 41.3 Å². The zero-order chi connectivity index (χ0) is 13.7. The van der Waals surface area contributed by atoms with Crippen molar-refractivity contribution < 1.29 is 4.42 Å². The van der Waals surface area contributed by atoms with Gasteiger partial charge in [-0.3, -0.25) is 0 Å². The lowest BCUT2D eigenvalue weighted by molar-refractivity contribution is 0.527. The molecule has 2 rings (SSSR count). The summed E-state index contributed by atoms with van der Waals surface area (Å²) in [6, 6.07) is 8.74. The molecule has 1 aromatic heterocycles. The van der Waals surface area contributed by atoms with Gasteiger partial charge >= 0.3 is 0 Å². The normalized spacial score (nSPS) is 12.6. The molecule has 3 heteroatoms. The Morgan fingerprint density at radius 2 is 2.05 bits per heavy atom. The molecule has 0 aliphatic heterocycles. The monoisotopic (exact) mass is 258 g/mol. The van der Waals surface area contributed by atoms with E-state index >= 15 is 0 Å². The number of rotatable bonds is 6. The van der Waals surface area contributed by atoms with Crippen LogP contribution in [-0.2, 0) is 0 Å². The fourth-order valence-electron chi connectivity index (χ4n) is 2.06. The molecule has 0 bridgehead atoms. The van der Waals surface area contributed by atoms with Crippen LogP contribution in [0.2, 0.25) is 0 Å². The molecule has 1 heterocycles. The molecule has 2 aromatic rings. The van der Waals surface area contributed by atoms with Crippen molar-refractivity contribution in [3.63, 3.8) is 0 Å². The number of benzene rings is 1. The number of hydrogen-bond donors (Lipinski definition) is 1. The molecule has 1 unspecified atom stereocenters. The van der Waals surface area contributed by atoms with Gasteiger partial charge in [-0.25, -0.2) is 4.98 Å². The Balaban J connectivity index is 1.99. The van der Waals surface area contributed by atoms with E-state index in [0.717, 1.165) is 22.9 Å². The summed E-state index contributed by atoms with van der Waals surface area (Å²) in [7, 11) is 0. The molecule has 0 spiro atoms. The van der Waals surface area contributed by atoms with Crippen molar-refractivity contribution in [1.29, 1.82) is 0 Å². The first-order valence-corrected chi connectivity index (χ1v) is 6.90. The third kappa shape index (κ3) is 4.12. The first-order chi connectivity index (χ1) is 9.15. The highest BCUT2D eigenvalue weighted by Gasteiger charge is 2.06. The Morgan fingerprint density at radius 3 is 2.74 bits per heavy atom. The van der Waals surface area contributed by atoms with Gasteiger partial charge in [0.25, 0.3) is 0 Å². The fourth-order valence-corrected chi connectivity index (χ4v) is 2.06. The second-order valence-electron chi connectivity index (χ2n) is 5.46. The minimum atomic E-state index is 0.479. The van der Waals surface area contributed by atoms with Crippen LogP contribution >= 0.6 is 0 Å². The van der Waals surface area contributed by atoms with Crippen LogP contribution in [-0.4, -0.2) is 11.0 Å². The number of nitrogens with zero attached hydrogens (tertiary/aromatic N) is 1. The third-order valence-corrected chi connectivity index (χ3v) is 3.17. The van der Waals surface area contributed by atoms with Crippen molar-refractivity contribution in [2.45, 2.75) is 39.7 Å². The Bertz CT molecular complexity index is 491. The second-order valence-corrected chi connectivity index (χ2v) is 5.46. The highest BCUT2D eigenvalue weighted by atomic mass is 16.3. The van der Waals surface area contributed by atoms with Gasteiger partial charge < -0.3 is 9.73 Å². The molecule has 0 aliphatic carbocycles. The Kier molecular flexibility index (Phi) is 4.61. The summed E-state index contributed by atoms with van der Waals surface area (Å²) in [6.07, 6.45) is 5.63. The van der Waals surface area contributed by atoms with Crippen molar-refractivity contribution in [2.75, 3.05) is 5.32 Å². The lowest BCUT2D eigenvalue weighted by atomic mass is 10.0. The van der Waals surface area contributed by atoms with Crippen LogP contribution in [0.1, 0.15) is 33.6 Å². The van der Waals surface area contributed by atoms with Gasteiger partial charge in [-0.15, -0.1) is 0 Å². The molecule has 0 saturated carbocycles. The van der Waals surface area contributed by atoms with E-state index in [-0.39, 0.29) is 0 Å². The quantitative estimate of drug-likeness (QED) is 0.824. The van der Waals surface area contributed by atoms with Crippen molar-refractivity contribution in [3.05, 3.63) is 36.9 Å². The van der Waals surface area contributed by atoms with Gasteiger partial charge in [-0.2, -0.15) is 0 Å². The average Bonchev–Trinajstić information content (AvgIpc) is 2.90. The van der Waals surface area contributed by atoms with Gasteiger partial charge in [-0.05, 0) is 37.8 Å². The summed E-state index contributed by atoms with van der Waals surface area (Å²) < 4.78 is 5.32. The third-order valence-electron chi connectivity index (χ3n) is 3.17. The molecular weight excluding hydrogens is 236 g/mol. The average molecular weight is 258 g/mol. The summed E-state index contributed by atoms with van der Waals surface area (Å²) in [5.41, 5.74) is 2.18. The van der Waals surface area contributed by atoms with Crippen molar-refractivity contribution >= 4 is 5.69 Å². The molecule has 0 fully saturated rings. The first-order valence-electron chi connectivity index (χ1n) is 6.90. The van der Waals surface area contributed by atoms with Gasteiger partial charge in [-0.1, -0.05) is 26.0 Å². The van der Waals surface area contributed by atoms with Gasteiger partial charge in [0, 0.05) is 17.3 Å². The first kappa shape index (κ1) is 13.7. The standard InChI is InChI=1S/C16H22N2O/c1-12(2)7-8-13(3)18-15-6-4-5-14(9-15)16-10-17-11-19-16/h4-6,9-13,18H,7-8H2,1-3H3. The summed E-state index contributed by atoms with van der Waals surface area (Å²) in [5, 5.41) is 3.54. The van der Waals surface area contributed by atoms with Crippen LogP contribution in [0.3, 0.4) is 0 Å². The van der Waals surface area contributed by atoms with Crippen molar-refractivity contribution in [3.8, 4) is 11.3 Å². The van der Waals surface area contributed by atoms with E-state index in [1.807, 2.05) is 12.1 Å². The predicted octanol–water partition coefficient (Wildman–Crippen LogP) is 4.58. The lowest BCUT2D eigenvalue weighted by Gasteiger charge is -2.16. The van der Waals surface area contributed by atoms with Crippen LogP contribution < -0.4 is 5.32 Å². The number of nitrogens with one attached hydrogen (secondary N) is 1. The van der Waals surface area contributed by atoms with E-state index in [1.54, 1.807) is 6.20 Å². The SMILES string of the molecule is CC(C)CCC(C)Nc1cccc(-c2cnco2)c1. The lowest BCUT2D eigenvalue weighted by Crippen LogP contribution is -2.15. The van der Waals surface area contributed by atoms with Crippen LogP contribution in [0, 0.1) is 5.92 Å². The van der Waals surface area contributed by atoms with Gasteiger partial charge in [0.1, 0.15) is 0 Å². The molecule has 1 N–H and O–H groups in total. The van der Waals surface area contributed by atoms with Crippen molar-refractivity contribution in [2.24, 2.45) is 5.92 Å². The predicted molar refractivity (Wildman–Crippen MR) is 79.1 cm³/mol. The highest BCUT2D eigenvalue weighted by molar-refractivity contribution is 5.63. The van der Waals surface area contributed by atoms with E-state index in [1.165, 1.54) is 19.2 Å². The Hall–Kier alpha value is -1.77. The number of aromatic nitrogens is 1. The molecular formula is C16H22N2O. The van der Waals surface area contributed by atoms with E-state index < -0.39 is 0 Å². The minimum absolute atomic E-state index is 0.479. The fraction of sp³-hybridized carbons (Fsp3) is 0.438. The Labute approximate surface area is 115 Å². The van der Waals surface area contributed by atoms with Gasteiger partial charge in [0.15, 0.2) is 12.2 Å². The van der Waals surface area contributed by atoms with Crippen LogP contribution in [0.25, 0.3) is 11.3 Å². The van der Waals surface area contributed by atoms with E-state index in [2.05, 4.69) is 43.2 Å². The van der Waals surface area contributed by atoms with Crippen LogP contribution in [0.4, 0.5) is 5.69 Å². The molecule has 0 saturated heterocycles. The molecule has 0 aliphatic rings. The zero-order valence-corrected chi connectivity index (χ0v) is 11.9. The molecule has 3 nitrogen and oxygen atoms in total. The zero-order valence-electron chi connectivity index (χ0n) is 11.9. The maximum Gasteiger partial charge on any atom is 0.181 e. The molecule has 0 amide bonds. The molecule has 19 heavy (non-hydrogen) atoms. The molecule has 1 aromatic carbocycles. The van der Waals surface area contributed by atoms with Gasteiger partial charge in [0.05, 0.1) is 6.20 Å². The molecule has 0 radical (unpaired) electrons. The largest absolute Gasteiger partial charge is 0.444 e. The van der Waals surface area contributed by atoms with E-state index in [4.69, 9.17) is 4.42 Å². The van der Waals surface area contributed by atoms with E-state index in [9.17, 15) is 0 Å². The summed E-state index contributed by atoms with van der Waals surface area (Å²) >= 11 is 0. The Morgan fingerprint density at radius 1 is 1.21 bits per heavy atom. The summed E-state index contributed by atoms with van der Waals surface area (Å²) in [5.74, 6) is 1.56. The summed E-state index contributed by atoms with van der Waals surface area (Å²) in [6.45, 7) is 6.75.